The number of hydrogen-bond acceptors (Lipinski definition) is 5. The van der Waals surface area contributed by atoms with Crippen LogP contribution in [0.5, 0.6) is 0 Å². The summed E-state index contributed by atoms with van der Waals surface area (Å²) < 4.78 is 0. The summed E-state index contributed by atoms with van der Waals surface area (Å²) in [5.74, 6) is -0.363. The first-order chi connectivity index (χ1) is 17.5. The van der Waals surface area contributed by atoms with Crippen molar-refractivity contribution < 1.29 is 19.2 Å². The van der Waals surface area contributed by atoms with Gasteiger partial charge in [-0.2, -0.15) is 5.26 Å². The molecule has 0 saturated heterocycles. The Morgan fingerprint density at radius 1 is 1.03 bits per heavy atom. The summed E-state index contributed by atoms with van der Waals surface area (Å²) in [6.07, 6.45) is 9.57. The number of amides is 1. The second-order valence-corrected chi connectivity index (χ2v) is 15.0. The Labute approximate surface area is 227 Å². The molecule has 7 atom stereocenters. The predicted molar refractivity (Wildman–Crippen MR) is 144 cm³/mol. The van der Waals surface area contributed by atoms with E-state index in [2.05, 4.69) is 46.2 Å². The van der Waals surface area contributed by atoms with Crippen molar-refractivity contribution in [3.63, 3.8) is 0 Å². The monoisotopic (exact) mass is 520 g/mol. The first-order valence-electron chi connectivity index (χ1n) is 14.3. The molecule has 0 aromatic rings. The Hall–Kier alpha value is -2.26. The number of Topliss-reactive ketones (excluding diaryl/α,β-unsaturated/α-hetero) is 1. The quantitative estimate of drug-likeness (QED) is 0.459. The van der Waals surface area contributed by atoms with Crippen molar-refractivity contribution in [1.29, 1.82) is 5.26 Å². The molecule has 3 saturated carbocycles. The summed E-state index contributed by atoms with van der Waals surface area (Å²) in [4.78, 5) is 46.3. The lowest BCUT2D eigenvalue weighted by Crippen LogP contribution is -2.66. The molecular weight excluding hydrogens is 476 g/mol. The molecule has 0 aromatic carbocycles. The summed E-state index contributed by atoms with van der Waals surface area (Å²) >= 11 is 0. The largest absolute Gasteiger partial charge is 0.295 e. The average molecular weight is 521 g/mol. The molecule has 5 aliphatic carbocycles. The third kappa shape index (κ3) is 3.23. The van der Waals surface area contributed by atoms with Gasteiger partial charge in [0, 0.05) is 16.7 Å². The van der Waals surface area contributed by atoms with Gasteiger partial charge in [0.1, 0.15) is 6.07 Å². The zero-order valence-electron chi connectivity index (χ0n) is 24.4. The van der Waals surface area contributed by atoms with Crippen LogP contribution in [0.4, 0.5) is 0 Å². The predicted octanol–water partition coefficient (Wildman–Crippen LogP) is 5.88. The first-order valence-corrected chi connectivity index (χ1v) is 14.3. The molecule has 0 radical (unpaired) electrons. The maximum absolute atomic E-state index is 14.4. The van der Waals surface area contributed by atoms with Gasteiger partial charge in [0.2, 0.25) is 5.91 Å². The zero-order chi connectivity index (χ0) is 28.1. The molecule has 0 bridgehead atoms. The van der Waals surface area contributed by atoms with Crippen molar-refractivity contribution >= 4 is 17.5 Å². The van der Waals surface area contributed by atoms with E-state index in [1.54, 1.807) is 0 Å². The summed E-state index contributed by atoms with van der Waals surface area (Å²) in [5.41, 5.74) is 1.55. The Bertz CT molecular complexity index is 1220. The molecule has 3 fully saturated rings. The number of ketones is 2. The molecule has 1 N–H and O–H groups in total. The molecule has 1 amide bonds. The van der Waals surface area contributed by atoms with Crippen LogP contribution < -0.4 is 5.48 Å². The second kappa shape index (κ2) is 8.13. The molecule has 38 heavy (non-hydrogen) atoms. The fourth-order valence-electron chi connectivity index (χ4n) is 10.2. The topological polar surface area (TPSA) is 96.3 Å². The molecule has 6 nitrogen and oxygen atoms in total. The maximum atomic E-state index is 14.4. The number of nitrogens with zero attached hydrogens (tertiary/aromatic N) is 1. The second-order valence-electron chi connectivity index (χ2n) is 15.0. The van der Waals surface area contributed by atoms with Crippen LogP contribution >= 0.6 is 0 Å². The number of carbonyl (C=O) groups is 3. The molecule has 0 aliphatic heterocycles. The number of hydroxylamine groups is 1. The SMILES string of the molecule is CONC(=O)[C@]12CCC(C)(C)C[C@H]1[C@H]1C(=O)C=C3[C@@]4(C)C=C(C#N)C(=O)C(C)(C)C4CC[C@@]3(C)[C@]1(C)CC2. The van der Waals surface area contributed by atoms with Crippen molar-refractivity contribution in [2.75, 3.05) is 7.11 Å². The molecule has 0 aromatic heterocycles. The zero-order valence-corrected chi connectivity index (χ0v) is 24.4. The first kappa shape index (κ1) is 27.3. The number of carbonyl (C=O) groups excluding carboxylic acids is 3. The molecule has 6 heteroatoms. The van der Waals surface area contributed by atoms with Crippen molar-refractivity contribution in [3.05, 3.63) is 23.3 Å². The molecular formula is C32H44N2O4. The van der Waals surface area contributed by atoms with Crippen LogP contribution in [-0.4, -0.2) is 24.6 Å². The van der Waals surface area contributed by atoms with Crippen molar-refractivity contribution in [2.24, 2.45) is 50.2 Å². The van der Waals surface area contributed by atoms with Gasteiger partial charge in [0.15, 0.2) is 11.6 Å². The van der Waals surface area contributed by atoms with E-state index in [1.165, 1.54) is 7.11 Å². The standard InChI is InChI=1S/C32H44N2O4/c1-27(2)11-13-32(26(37)34-38-8)14-12-31(7)24(20(32)17-27)21(35)15-23-29(5)16-19(18-33)25(36)28(3,4)22(29)9-10-30(23,31)6/h15-16,20,22,24H,9-14,17H2,1-8H3,(H,34,37)/t20-,22?,24-,29-,30+,31+,32-/m0/s1. The van der Waals surface area contributed by atoms with E-state index in [-0.39, 0.29) is 57.0 Å². The number of hydrogen-bond donors (Lipinski definition) is 1. The minimum Gasteiger partial charge on any atom is -0.295 e. The Morgan fingerprint density at radius 3 is 2.32 bits per heavy atom. The summed E-state index contributed by atoms with van der Waals surface area (Å²) in [5, 5.41) is 9.88. The minimum atomic E-state index is -0.676. The van der Waals surface area contributed by atoms with Crippen molar-refractivity contribution in [1.82, 2.24) is 5.48 Å². The number of nitrogens with one attached hydrogen (secondary N) is 1. The van der Waals surface area contributed by atoms with E-state index in [9.17, 15) is 19.6 Å². The van der Waals surface area contributed by atoms with E-state index in [0.29, 0.717) is 0 Å². The number of rotatable bonds is 2. The maximum Gasteiger partial charge on any atom is 0.250 e. The highest BCUT2D eigenvalue weighted by Gasteiger charge is 2.70. The highest BCUT2D eigenvalue weighted by molar-refractivity contribution is 6.04. The van der Waals surface area contributed by atoms with Gasteiger partial charge in [-0.1, -0.05) is 60.1 Å². The van der Waals surface area contributed by atoms with E-state index in [4.69, 9.17) is 4.84 Å². The van der Waals surface area contributed by atoms with Crippen LogP contribution in [0.25, 0.3) is 0 Å². The fraction of sp³-hybridized carbons (Fsp3) is 0.750. The Balaban J connectivity index is 1.69. The van der Waals surface area contributed by atoms with Gasteiger partial charge in [-0.25, -0.2) is 5.48 Å². The van der Waals surface area contributed by atoms with Crippen molar-refractivity contribution in [3.8, 4) is 6.07 Å². The molecule has 0 spiro atoms. The molecule has 5 rings (SSSR count). The van der Waals surface area contributed by atoms with E-state index in [0.717, 1.165) is 50.5 Å². The summed E-state index contributed by atoms with van der Waals surface area (Å²) in [6, 6.07) is 2.17. The molecule has 206 valence electrons. The van der Waals surface area contributed by atoms with Crippen LogP contribution in [0.2, 0.25) is 0 Å². The highest BCUT2D eigenvalue weighted by atomic mass is 16.6. The number of allylic oxidation sites excluding steroid dienone is 4. The van der Waals surface area contributed by atoms with Crippen LogP contribution in [0.3, 0.4) is 0 Å². The van der Waals surface area contributed by atoms with Gasteiger partial charge in [-0.3, -0.25) is 19.2 Å². The van der Waals surface area contributed by atoms with Gasteiger partial charge in [-0.05, 0) is 79.1 Å². The minimum absolute atomic E-state index is 0.0238. The Kier molecular flexibility index (Phi) is 5.84. The third-order valence-corrected chi connectivity index (χ3v) is 12.5. The van der Waals surface area contributed by atoms with Gasteiger partial charge in [0.05, 0.1) is 18.1 Å². The normalized spacial score (nSPS) is 44.8. The van der Waals surface area contributed by atoms with Crippen molar-refractivity contribution in [2.45, 2.75) is 93.4 Å². The summed E-state index contributed by atoms with van der Waals surface area (Å²) in [7, 11) is 1.48. The lowest BCUT2D eigenvalue weighted by Gasteiger charge is -2.69. The van der Waals surface area contributed by atoms with Gasteiger partial charge < -0.3 is 0 Å². The van der Waals surface area contributed by atoms with Gasteiger partial charge in [-0.15, -0.1) is 0 Å². The number of fused-ring (bicyclic) bond motifs is 7. The average Bonchev–Trinajstić information content (AvgIpc) is 2.82. The van der Waals surface area contributed by atoms with Gasteiger partial charge in [0.25, 0.3) is 0 Å². The molecule has 1 unspecified atom stereocenters. The molecule has 0 heterocycles. The van der Waals surface area contributed by atoms with E-state index >= 15 is 0 Å². The smallest absolute Gasteiger partial charge is 0.250 e. The summed E-state index contributed by atoms with van der Waals surface area (Å²) in [6.45, 7) is 15.2. The Morgan fingerprint density at radius 2 is 1.68 bits per heavy atom. The van der Waals surface area contributed by atoms with E-state index in [1.807, 2.05) is 26.0 Å². The van der Waals surface area contributed by atoms with Crippen LogP contribution in [0, 0.1) is 61.6 Å². The van der Waals surface area contributed by atoms with E-state index < -0.39 is 16.2 Å². The number of nitriles is 1. The third-order valence-electron chi connectivity index (χ3n) is 12.5. The highest BCUT2D eigenvalue weighted by Crippen LogP contribution is 2.74. The van der Waals surface area contributed by atoms with Crippen LogP contribution in [-0.2, 0) is 19.2 Å². The van der Waals surface area contributed by atoms with Crippen LogP contribution in [0.1, 0.15) is 93.4 Å². The lowest BCUT2D eigenvalue weighted by molar-refractivity contribution is -0.183. The molecule has 5 aliphatic rings. The van der Waals surface area contributed by atoms with Crippen LogP contribution in [0.15, 0.2) is 23.3 Å². The fourth-order valence-corrected chi connectivity index (χ4v) is 10.2. The lowest BCUT2D eigenvalue weighted by atomic mass is 9.34. The van der Waals surface area contributed by atoms with Gasteiger partial charge >= 0.3 is 0 Å².